The van der Waals surface area contributed by atoms with E-state index in [-0.39, 0.29) is 0 Å². The minimum absolute atomic E-state index is 0.740. The molecule has 1 fully saturated rings. The highest BCUT2D eigenvalue weighted by Crippen LogP contribution is 2.39. The van der Waals surface area contributed by atoms with Gasteiger partial charge in [0.15, 0.2) is 0 Å². The largest absolute Gasteiger partial charge is 0.457 e. The van der Waals surface area contributed by atoms with Crippen LogP contribution in [-0.4, -0.2) is 18.0 Å². The summed E-state index contributed by atoms with van der Waals surface area (Å²) in [6.45, 7) is 18.7. The maximum atomic E-state index is 6.00. The average molecular weight is 330 g/mol. The number of ether oxygens (including phenoxy) is 1. The van der Waals surface area contributed by atoms with Crippen molar-refractivity contribution in [1.29, 1.82) is 0 Å². The zero-order valence-corrected chi connectivity index (χ0v) is 16.5. The Morgan fingerprint density at radius 1 is 1.04 bits per heavy atom. The summed E-state index contributed by atoms with van der Waals surface area (Å²) >= 11 is 0. The quantitative estimate of drug-likeness (QED) is 0.503. The van der Waals surface area contributed by atoms with Crippen LogP contribution >= 0.6 is 0 Å². The van der Waals surface area contributed by atoms with Crippen molar-refractivity contribution in [2.75, 3.05) is 13.1 Å². The van der Waals surface area contributed by atoms with Gasteiger partial charge in [-0.25, -0.2) is 0 Å². The van der Waals surface area contributed by atoms with Crippen LogP contribution in [0.4, 0.5) is 0 Å². The van der Waals surface area contributed by atoms with Gasteiger partial charge in [0.25, 0.3) is 0 Å². The second-order valence-electron chi connectivity index (χ2n) is 5.78. The zero-order chi connectivity index (χ0) is 18.1. The molecule has 2 nitrogen and oxygen atoms in total. The van der Waals surface area contributed by atoms with Gasteiger partial charge in [0.1, 0.15) is 11.5 Å². The lowest BCUT2D eigenvalue weighted by atomic mass is 9.89. The summed E-state index contributed by atoms with van der Waals surface area (Å²) in [5.74, 6) is 1.77. The predicted molar refractivity (Wildman–Crippen MR) is 106 cm³/mol. The summed E-state index contributed by atoms with van der Waals surface area (Å²) in [6.07, 6.45) is 11.0. The standard InChI is InChI=1S/C18H23NO.2C2H6/c1-4-15-10-9-14(3)20-18(15)16-8-6-12-19-11-5-7-13(2)17(16)19;2*1-2/h4,9-10H,3,5-8,11-12H2,1-2H3;2*1-2H3/b15-4-,18-16+;;. The van der Waals surface area contributed by atoms with Crippen molar-refractivity contribution in [3.05, 3.63) is 58.7 Å². The zero-order valence-electron chi connectivity index (χ0n) is 16.5. The van der Waals surface area contributed by atoms with Crippen LogP contribution < -0.4 is 0 Å². The van der Waals surface area contributed by atoms with E-state index >= 15 is 0 Å². The minimum Gasteiger partial charge on any atom is -0.457 e. The first kappa shape index (κ1) is 20.3. The number of fused-ring (bicyclic) bond motifs is 1. The van der Waals surface area contributed by atoms with E-state index in [4.69, 9.17) is 4.74 Å². The van der Waals surface area contributed by atoms with Gasteiger partial charge in [0, 0.05) is 29.9 Å². The van der Waals surface area contributed by atoms with E-state index in [0.29, 0.717) is 0 Å². The second kappa shape index (κ2) is 10.2. The van der Waals surface area contributed by atoms with Crippen molar-refractivity contribution in [1.82, 2.24) is 4.90 Å². The molecule has 0 N–H and O–H groups in total. The van der Waals surface area contributed by atoms with Gasteiger partial charge in [-0.05, 0) is 57.3 Å². The van der Waals surface area contributed by atoms with Crippen LogP contribution in [0.5, 0.6) is 0 Å². The van der Waals surface area contributed by atoms with E-state index < -0.39 is 0 Å². The van der Waals surface area contributed by atoms with Crippen molar-refractivity contribution in [2.24, 2.45) is 0 Å². The van der Waals surface area contributed by atoms with Crippen LogP contribution in [0.15, 0.2) is 58.7 Å². The van der Waals surface area contributed by atoms with E-state index in [1.807, 2.05) is 33.8 Å². The van der Waals surface area contributed by atoms with Gasteiger partial charge < -0.3 is 9.64 Å². The first-order chi connectivity index (χ1) is 11.7. The molecule has 0 saturated carbocycles. The Balaban J connectivity index is 0.000000671. The molecule has 0 aromatic rings. The van der Waals surface area contributed by atoms with Crippen molar-refractivity contribution < 1.29 is 4.74 Å². The summed E-state index contributed by atoms with van der Waals surface area (Å²) < 4.78 is 6.00. The molecule has 0 spiro atoms. The topological polar surface area (TPSA) is 12.5 Å². The molecule has 2 heteroatoms. The molecule has 3 aliphatic heterocycles. The second-order valence-corrected chi connectivity index (χ2v) is 5.78. The molecule has 0 amide bonds. The van der Waals surface area contributed by atoms with Gasteiger partial charge >= 0.3 is 0 Å². The summed E-state index contributed by atoms with van der Waals surface area (Å²) in [5.41, 5.74) is 5.52. The van der Waals surface area contributed by atoms with E-state index in [0.717, 1.165) is 17.9 Å². The summed E-state index contributed by atoms with van der Waals surface area (Å²) in [4.78, 5) is 2.54. The molecule has 24 heavy (non-hydrogen) atoms. The van der Waals surface area contributed by atoms with Crippen LogP contribution in [-0.2, 0) is 4.74 Å². The lowest BCUT2D eigenvalue weighted by Crippen LogP contribution is -2.34. The number of hydrogen-bond acceptors (Lipinski definition) is 2. The summed E-state index contributed by atoms with van der Waals surface area (Å²) in [6, 6.07) is 0. The molecule has 0 atom stereocenters. The molecule has 0 unspecified atom stereocenters. The number of rotatable bonds is 0. The van der Waals surface area contributed by atoms with Crippen molar-refractivity contribution in [3.63, 3.8) is 0 Å². The van der Waals surface area contributed by atoms with Gasteiger partial charge in [-0.1, -0.05) is 40.3 Å². The van der Waals surface area contributed by atoms with E-state index in [1.165, 1.54) is 54.8 Å². The van der Waals surface area contributed by atoms with E-state index in [2.05, 4.69) is 37.5 Å². The minimum atomic E-state index is 0.740. The van der Waals surface area contributed by atoms with Gasteiger partial charge in [0.05, 0.1) is 0 Å². The molecule has 0 aromatic heterocycles. The fourth-order valence-electron chi connectivity index (χ4n) is 3.44. The van der Waals surface area contributed by atoms with Gasteiger partial charge in [0.2, 0.25) is 0 Å². The van der Waals surface area contributed by atoms with Crippen LogP contribution in [0.25, 0.3) is 0 Å². The Morgan fingerprint density at radius 2 is 1.67 bits per heavy atom. The first-order valence-electron chi connectivity index (χ1n) is 9.60. The highest BCUT2D eigenvalue weighted by atomic mass is 16.5. The highest BCUT2D eigenvalue weighted by molar-refractivity contribution is 5.51. The van der Waals surface area contributed by atoms with Gasteiger partial charge in [-0.3, -0.25) is 0 Å². The van der Waals surface area contributed by atoms with E-state index in [9.17, 15) is 0 Å². The Labute approximate surface area is 149 Å². The number of nitrogens with zero attached hydrogens (tertiary/aromatic N) is 1. The summed E-state index contributed by atoms with van der Waals surface area (Å²) in [5, 5.41) is 0. The molecule has 0 aromatic carbocycles. The summed E-state index contributed by atoms with van der Waals surface area (Å²) in [7, 11) is 0. The molecule has 0 bridgehead atoms. The third kappa shape index (κ3) is 4.43. The van der Waals surface area contributed by atoms with Crippen LogP contribution in [0.3, 0.4) is 0 Å². The molecule has 3 aliphatic rings. The monoisotopic (exact) mass is 329 g/mol. The molecule has 0 aliphatic carbocycles. The SMILES string of the molecule is C=C1C=CC(=C/C)/C(=C2/CCCN3CCCC(C)=C23)O1.CC.CC. The Hall–Kier alpha value is -1.70. The first-order valence-corrected chi connectivity index (χ1v) is 9.60. The third-order valence-electron chi connectivity index (χ3n) is 4.37. The van der Waals surface area contributed by atoms with Crippen LogP contribution in [0.1, 0.15) is 67.2 Å². The fraction of sp³-hybridized carbons (Fsp3) is 0.545. The van der Waals surface area contributed by atoms with Crippen molar-refractivity contribution in [2.45, 2.75) is 67.2 Å². The lowest BCUT2D eigenvalue weighted by Gasteiger charge is -2.39. The molecule has 1 saturated heterocycles. The molecule has 3 heterocycles. The Bertz CT molecular complexity index is 561. The smallest absolute Gasteiger partial charge is 0.139 e. The van der Waals surface area contributed by atoms with Crippen molar-refractivity contribution >= 4 is 0 Å². The maximum Gasteiger partial charge on any atom is 0.139 e. The average Bonchev–Trinajstić information content (AvgIpc) is 2.65. The van der Waals surface area contributed by atoms with Gasteiger partial charge in [-0.15, -0.1) is 0 Å². The number of piperidine rings is 1. The molecule has 134 valence electrons. The molecule has 0 radical (unpaired) electrons. The highest BCUT2D eigenvalue weighted by Gasteiger charge is 2.29. The maximum absolute atomic E-state index is 6.00. The van der Waals surface area contributed by atoms with Crippen molar-refractivity contribution in [3.8, 4) is 0 Å². The fourth-order valence-corrected chi connectivity index (χ4v) is 3.44. The normalized spacial score (nSPS) is 24.5. The molecular formula is C22H35NO. The van der Waals surface area contributed by atoms with Gasteiger partial charge in [-0.2, -0.15) is 0 Å². The third-order valence-corrected chi connectivity index (χ3v) is 4.37. The number of allylic oxidation sites excluding steroid dienone is 5. The molecule has 3 rings (SSSR count). The van der Waals surface area contributed by atoms with E-state index in [1.54, 1.807) is 0 Å². The Morgan fingerprint density at radius 3 is 2.29 bits per heavy atom. The Kier molecular flexibility index (Phi) is 8.67. The number of hydrogen-bond donors (Lipinski definition) is 0. The van der Waals surface area contributed by atoms with Crippen LogP contribution in [0.2, 0.25) is 0 Å². The lowest BCUT2D eigenvalue weighted by molar-refractivity contribution is 0.275. The predicted octanol–water partition coefficient (Wildman–Crippen LogP) is 6.50. The van der Waals surface area contributed by atoms with Crippen LogP contribution in [0, 0.1) is 0 Å². The molecular weight excluding hydrogens is 294 g/mol.